The summed E-state index contributed by atoms with van der Waals surface area (Å²) in [5.41, 5.74) is 2.96. The van der Waals surface area contributed by atoms with Crippen LogP contribution in [0, 0.1) is 5.92 Å². The van der Waals surface area contributed by atoms with Crippen LogP contribution in [-0.2, 0) is 9.59 Å². The van der Waals surface area contributed by atoms with Gasteiger partial charge >= 0.3 is 0 Å². The average Bonchev–Trinajstić information content (AvgIpc) is 3.23. The Morgan fingerprint density at radius 2 is 1.76 bits per heavy atom. The van der Waals surface area contributed by atoms with Crippen molar-refractivity contribution in [2.24, 2.45) is 5.92 Å². The minimum atomic E-state index is -0.695. The summed E-state index contributed by atoms with van der Waals surface area (Å²) < 4.78 is 0. The first-order chi connectivity index (χ1) is 16.0. The summed E-state index contributed by atoms with van der Waals surface area (Å²) in [6, 6.07) is 12.7. The zero-order chi connectivity index (χ0) is 22.9. The van der Waals surface area contributed by atoms with Gasteiger partial charge in [-0.3, -0.25) is 14.4 Å². The first-order valence-corrected chi connectivity index (χ1v) is 12.7. The van der Waals surface area contributed by atoms with Crippen molar-refractivity contribution in [3.8, 4) is 11.1 Å². The van der Waals surface area contributed by atoms with Gasteiger partial charge in [0.25, 0.3) is 5.91 Å². The number of nitrogens with one attached hydrogen (secondary N) is 3. The van der Waals surface area contributed by atoms with Gasteiger partial charge in [-0.05, 0) is 74.0 Å². The van der Waals surface area contributed by atoms with Crippen LogP contribution in [-0.4, -0.2) is 60.6 Å². The van der Waals surface area contributed by atoms with Crippen molar-refractivity contribution in [1.29, 1.82) is 0 Å². The Balaban J connectivity index is 1.38. The van der Waals surface area contributed by atoms with E-state index in [0.717, 1.165) is 37.1 Å². The van der Waals surface area contributed by atoms with Gasteiger partial charge in [0.15, 0.2) is 0 Å². The molecule has 172 valence electrons. The predicted molar refractivity (Wildman–Crippen MR) is 129 cm³/mol. The molecule has 33 heavy (non-hydrogen) atoms. The van der Waals surface area contributed by atoms with Crippen molar-refractivity contribution in [1.82, 2.24) is 15.5 Å². The number of anilines is 1. The van der Waals surface area contributed by atoms with Gasteiger partial charge in [-0.15, -0.1) is 11.8 Å². The number of thioether (sulfide) groups is 1. The normalized spacial score (nSPS) is 22.9. The SMILES string of the molecule is CSc1ccc(-c2ccc3c(c2)C(=O)N2CCC(NC(=O)C4CCNCC4)C2C(=O)N3)cc1. The third-order valence-electron chi connectivity index (χ3n) is 6.90. The van der Waals surface area contributed by atoms with Gasteiger partial charge in [0.1, 0.15) is 6.04 Å². The van der Waals surface area contributed by atoms with Crippen LogP contribution in [0.25, 0.3) is 11.1 Å². The number of piperidine rings is 1. The second-order valence-corrected chi connectivity index (χ2v) is 9.73. The molecule has 0 radical (unpaired) electrons. The Kier molecular flexibility index (Phi) is 6.12. The lowest BCUT2D eigenvalue weighted by Crippen LogP contribution is -2.53. The fourth-order valence-electron chi connectivity index (χ4n) is 5.03. The lowest BCUT2D eigenvalue weighted by atomic mass is 9.96. The van der Waals surface area contributed by atoms with Crippen LogP contribution < -0.4 is 16.0 Å². The summed E-state index contributed by atoms with van der Waals surface area (Å²) in [5.74, 6) is -0.467. The molecule has 3 aliphatic heterocycles. The fourth-order valence-corrected chi connectivity index (χ4v) is 5.44. The molecule has 0 aliphatic carbocycles. The zero-order valence-corrected chi connectivity index (χ0v) is 19.4. The summed E-state index contributed by atoms with van der Waals surface area (Å²) >= 11 is 1.68. The molecule has 2 aromatic rings. The van der Waals surface area contributed by atoms with E-state index in [0.29, 0.717) is 24.2 Å². The molecule has 2 atom stereocenters. The van der Waals surface area contributed by atoms with Gasteiger partial charge in [-0.25, -0.2) is 0 Å². The molecule has 3 aliphatic rings. The van der Waals surface area contributed by atoms with Gasteiger partial charge in [-0.1, -0.05) is 18.2 Å². The number of carbonyl (C=O) groups is 3. The highest BCUT2D eigenvalue weighted by atomic mass is 32.2. The van der Waals surface area contributed by atoms with Gasteiger partial charge in [0.2, 0.25) is 11.8 Å². The molecule has 0 saturated carbocycles. The maximum Gasteiger partial charge on any atom is 0.256 e. The second-order valence-electron chi connectivity index (χ2n) is 8.85. The Bertz CT molecular complexity index is 1080. The molecule has 0 spiro atoms. The van der Waals surface area contributed by atoms with Crippen LogP contribution in [0.1, 0.15) is 29.6 Å². The lowest BCUT2D eigenvalue weighted by molar-refractivity contribution is -0.127. The molecule has 3 amide bonds. The highest BCUT2D eigenvalue weighted by Gasteiger charge is 2.45. The van der Waals surface area contributed by atoms with Gasteiger partial charge in [0, 0.05) is 17.4 Å². The molecule has 2 aromatic carbocycles. The van der Waals surface area contributed by atoms with Crippen LogP contribution in [0.4, 0.5) is 5.69 Å². The Morgan fingerprint density at radius 1 is 1.03 bits per heavy atom. The number of hydrogen-bond acceptors (Lipinski definition) is 5. The number of nitrogens with zero attached hydrogens (tertiary/aromatic N) is 1. The van der Waals surface area contributed by atoms with Crippen molar-refractivity contribution in [2.75, 3.05) is 31.2 Å². The number of benzene rings is 2. The average molecular weight is 465 g/mol. The first-order valence-electron chi connectivity index (χ1n) is 11.5. The van der Waals surface area contributed by atoms with Crippen LogP contribution >= 0.6 is 11.8 Å². The van der Waals surface area contributed by atoms with E-state index in [2.05, 4.69) is 28.1 Å². The number of hydrogen-bond donors (Lipinski definition) is 3. The Hall–Kier alpha value is -2.84. The molecule has 0 bridgehead atoms. The Labute approximate surface area is 197 Å². The van der Waals surface area contributed by atoms with E-state index in [4.69, 9.17) is 0 Å². The molecule has 2 saturated heterocycles. The molecule has 5 rings (SSSR count). The molecule has 2 unspecified atom stereocenters. The number of amides is 3. The summed E-state index contributed by atoms with van der Waals surface area (Å²) in [7, 11) is 0. The summed E-state index contributed by atoms with van der Waals surface area (Å²) in [6.45, 7) is 2.10. The van der Waals surface area contributed by atoms with Crippen LogP contribution in [0.2, 0.25) is 0 Å². The molecule has 3 heterocycles. The minimum absolute atomic E-state index is 0.0127. The van der Waals surface area contributed by atoms with E-state index in [1.165, 1.54) is 4.90 Å². The second kappa shape index (κ2) is 9.19. The smallest absolute Gasteiger partial charge is 0.256 e. The third kappa shape index (κ3) is 4.25. The van der Waals surface area contributed by atoms with E-state index in [9.17, 15) is 14.4 Å². The molecule has 2 fully saturated rings. The first kappa shape index (κ1) is 22.0. The molecular formula is C25H28N4O3S. The van der Waals surface area contributed by atoms with Crippen molar-refractivity contribution >= 4 is 35.2 Å². The number of carbonyl (C=O) groups excluding carboxylic acids is 3. The molecule has 3 N–H and O–H groups in total. The molecule has 8 heteroatoms. The van der Waals surface area contributed by atoms with Gasteiger partial charge < -0.3 is 20.9 Å². The van der Waals surface area contributed by atoms with Crippen LogP contribution in [0.15, 0.2) is 47.4 Å². The zero-order valence-electron chi connectivity index (χ0n) is 18.6. The van der Waals surface area contributed by atoms with Gasteiger partial charge in [-0.2, -0.15) is 0 Å². The van der Waals surface area contributed by atoms with Crippen molar-refractivity contribution in [3.05, 3.63) is 48.0 Å². The summed E-state index contributed by atoms with van der Waals surface area (Å²) in [6.07, 6.45) is 4.20. The van der Waals surface area contributed by atoms with Crippen LogP contribution in [0.5, 0.6) is 0 Å². The summed E-state index contributed by atoms with van der Waals surface area (Å²) in [4.78, 5) is 42.2. The number of fused-ring (bicyclic) bond motifs is 2. The predicted octanol–water partition coefficient (Wildman–Crippen LogP) is 2.73. The monoisotopic (exact) mass is 464 g/mol. The van der Waals surface area contributed by atoms with E-state index >= 15 is 0 Å². The van der Waals surface area contributed by atoms with Crippen molar-refractivity contribution < 1.29 is 14.4 Å². The van der Waals surface area contributed by atoms with E-state index < -0.39 is 6.04 Å². The highest BCUT2D eigenvalue weighted by molar-refractivity contribution is 7.98. The highest BCUT2D eigenvalue weighted by Crippen LogP contribution is 2.33. The van der Waals surface area contributed by atoms with Crippen molar-refractivity contribution in [3.63, 3.8) is 0 Å². The number of rotatable bonds is 4. The fraction of sp³-hybridized carbons (Fsp3) is 0.400. The molecule has 0 aromatic heterocycles. The maximum atomic E-state index is 13.5. The molecule has 7 nitrogen and oxygen atoms in total. The van der Waals surface area contributed by atoms with Gasteiger partial charge in [0.05, 0.1) is 17.3 Å². The van der Waals surface area contributed by atoms with E-state index in [1.807, 2.05) is 30.5 Å². The topological polar surface area (TPSA) is 90.5 Å². The standard InChI is InChI=1S/C25H28N4O3S/c1-33-18-5-2-15(3-6-18)17-4-7-20-19(14-17)25(32)29-13-10-21(22(29)24(31)27-20)28-23(30)16-8-11-26-12-9-16/h2-7,14,16,21-22,26H,8-13H2,1H3,(H,27,31)(H,28,30). The summed E-state index contributed by atoms with van der Waals surface area (Å²) in [5, 5.41) is 9.28. The largest absolute Gasteiger partial charge is 0.350 e. The van der Waals surface area contributed by atoms with Crippen LogP contribution in [0.3, 0.4) is 0 Å². The maximum absolute atomic E-state index is 13.5. The van der Waals surface area contributed by atoms with E-state index in [1.54, 1.807) is 22.7 Å². The lowest BCUT2D eigenvalue weighted by Gasteiger charge is -2.27. The third-order valence-corrected chi connectivity index (χ3v) is 7.64. The minimum Gasteiger partial charge on any atom is -0.350 e. The molecular weight excluding hydrogens is 436 g/mol. The quantitative estimate of drug-likeness (QED) is 0.606. The Morgan fingerprint density at radius 3 is 2.48 bits per heavy atom. The van der Waals surface area contributed by atoms with E-state index in [-0.39, 0.29) is 29.7 Å². The van der Waals surface area contributed by atoms with Crippen molar-refractivity contribution in [2.45, 2.75) is 36.2 Å².